The number of nitrogens with zero attached hydrogens (tertiary/aromatic N) is 7. The second-order valence-corrected chi connectivity index (χ2v) is 6.62. The Kier molecular flexibility index (Phi) is 4.49. The number of hydrogen-bond acceptors (Lipinski definition) is 6. The van der Waals surface area contributed by atoms with Gasteiger partial charge in [0.2, 0.25) is 5.78 Å². The number of imidazole rings is 1. The quantitative estimate of drug-likeness (QED) is 0.643. The number of ketones is 1. The Balaban J connectivity index is 1.47. The van der Waals surface area contributed by atoms with E-state index in [1.807, 2.05) is 0 Å². The molecule has 0 bridgehead atoms. The van der Waals surface area contributed by atoms with E-state index < -0.39 is 0 Å². The lowest BCUT2D eigenvalue weighted by molar-refractivity contribution is 0.0632. The van der Waals surface area contributed by atoms with Gasteiger partial charge >= 0.3 is 0 Å². The summed E-state index contributed by atoms with van der Waals surface area (Å²) in [7, 11) is 1.80. The minimum Gasteiger partial charge on any atom is -0.338 e. The van der Waals surface area contributed by atoms with E-state index in [1.54, 1.807) is 53.2 Å². The minimum atomic E-state index is -0.218. The van der Waals surface area contributed by atoms with Crippen LogP contribution in [0, 0.1) is 5.92 Å². The molecule has 138 valence electrons. The van der Waals surface area contributed by atoms with Gasteiger partial charge in [-0.2, -0.15) is 0 Å². The summed E-state index contributed by atoms with van der Waals surface area (Å²) in [4.78, 5) is 31.5. The summed E-state index contributed by atoms with van der Waals surface area (Å²) >= 11 is 0. The molecule has 9 heteroatoms. The van der Waals surface area contributed by atoms with Gasteiger partial charge in [0.1, 0.15) is 6.33 Å². The van der Waals surface area contributed by atoms with Crippen LogP contribution < -0.4 is 0 Å². The van der Waals surface area contributed by atoms with E-state index in [0.29, 0.717) is 24.5 Å². The molecule has 27 heavy (non-hydrogen) atoms. The molecule has 1 atom stereocenters. The van der Waals surface area contributed by atoms with Gasteiger partial charge in [-0.15, -0.1) is 5.10 Å². The van der Waals surface area contributed by atoms with Crippen molar-refractivity contribution in [3.63, 3.8) is 0 Å². The number of tetrazole rings is 1. The summed E-state index contributed by atoms with van der Waals surface area (Å²) < 4.78 is 3.25. The predicted molar refractivity (Wildman–Crippen MR) is 95.3 cm³/mol. The third kappa shape index (κ3) is 3.35. The molecule has 1 saturated heterocycles. The summed E-state index contributed by atoms with van der Waals surface area (Å²) in [6.45, 7) is 1.07. The van der Waals surface area contributed by atoms with Gasteiger partial charge in [0, 0.05) is 44.0 Å². The second kappa shape index (κ2) is 7.10. The summed E-state index contributed by atoms with van der Waals surface area (Å²) in [5, 5.41) is 11.0. The van der Waals surface area contributed by atoms with Crippen molar-refractivity contribution in [3.8, 4) is 5.69 Å². The minimum absolute atomic E-state index is 0.00553. The Bertz CT molecular complexity index is 947. The lowest BCUT2D eigenvalue weighted by Gasteiger charge is -2.32. The molecule has 1 fully saturated rings. The molecule has 3 aromatic rings. The van der Waals surface area contributed by atoms with Gasteiger partial charge < -0.3 is 9.47 Å². The number of hydrogen-bond donors (Lipinski definition) is 0. The Morgan fingerprint density at radius 3 is 2.67 bits per heavy atom. The highest BCUT2D eigenvalue weighted by molar-refractivity contribution is 5.97. The molecule has 0 radical (unpaired) electrons. The molecule has 1 aliphatic heterocycles. The van der Waals surface area contributed by atoms with Crippen LogP contribution in [0.3, 0.4) is 0 Å². The molecule has 1 aromatic carbocycles. The molecule has 2 aromatic heterocycles. The second-order valence-electron chi connectivity index (χ2n) is 6.62. The SMILES string of the molecule is Cn1ccnc1C(=O)C1CCCN(C(=O)c2ccc(-n3cnnn3)cc2)C1. The molecule has 4 rings (SSSR count). The standard InChI is InChI=1S/C18H19N7O2/c1-23-10-8-19-17(23)16(26)14-3-2-9-24(11-14)18(27)13-4-6-15(7-5-13)25-12-20-21-22-25/h4-8,10,12,14H,2-3,9,11H2,1H3. The maximum absolute atomic E-state index is 12.9. The van der Waals surface area contributed by atoms with Crippen LogP contribution in [0.25, 0.3) is 5.69 Å². The third-order valence-electron chi connectivity index (χ3n) is 4.85. The predicted octanol–water partition coefficient (Wildman–Crippen LogP) is 1.13. The largest absolute Gasteiger partial charge is 0.338 e. The molecule has 0 saturated carbocycles. The van der Waals surface area contributed by atoms with E-state index in [1.165, 1.54) is 11.0 Å². The number of rotatable bonds is 4. The van der Waals surface area contributed by atoms with Crippen molar-refractivity contribution in [2.75, 3.05) is 13.1 Å². The van der Waals surface area contributed by atoms with Crippen LogP contribution in [0.1, 0.15) is 33.8 Å². The van der Waals surface area contributed by atoms with E-state index in [0.717, 1.165) is 18.5 Å². The average Bonchev–Trinajstić information content (AvgIpc) is 3.39. The highest BCUT2D eigenvalue weighted by Gasteiger charge is 2.31. The van der Waals surface area contributed by atoms with Crippen LogP contribution in [0.2, 0.25) is 0 Å². The van der Waals surface area contributed by atoms with Crippen molar-refractivity contribution in [3.05, 3.63) is 54.4 Å². The van der Waals surface area contributed by atoms with E-state index in [4.69, 9.17) is 0 Å². The number of carbonyl (C=O) groups excluding carboxylic acids is 2. The highest BCUT2D eigenvalue weighted by Crippen LogP contribution is 2.22. The number of Topliss-reactive ketones (excluding diaryl/α,β-unsaturated/α-hetero) is 1. The number of piperidine rings is 1. The Morgan fingerprint density at radius 1 is 1.19 bits per heavy atom. The van der Waals surface area contributed by atoms with Crippen molar-refractivity contribution in [1.29, 1.82) is 0 Å². The topological polar surface area (TPSA) is 98.8 Å². The zero-order chi connectivity index (χ0) is 18.8. The first kappa shape index (κ1) is 17.1. The normalized spacial score (nSPS) is 17.1. The monoisotopic (exact) mass is 365 g/mol. The summed E-state index contributed by atoms with van der Waals surface area (Å²) in [5.41, 5.74) is 1.36. The van der Waals surface area contributed by atoms with Crippen LogP contribution in [0.15, 0.2) is 43.0 Å². The molecular formula is C18H19N7O2. The van der Waals surface area contributed by atoms with Crippen LogP contribution in [0.4, 0.5) is 0 Å². The van der Waals surface area contributed by atoms with Crippen molar-refractivity contribution in [2.45, 2.75) is 12.8 Å². The molecule has 1 aliphatic rings. The summed E-state index contributed by atoms with van der Waals surface area (Å²) in [5.74, 6) is 0.147. The van der Waals surface area contributed by atoms with E-state index in [9.17, 15) is 9.59 Å². The van der Waals surface area contributed by atoms with E-state index >= 15 is 0 Å². The zero-order valence-electron chi connectivity index (χ0n) is 14.9. The molecule has 0 spiro atoms. The van der Waals surface area contributed by atoms with E-state index in [2.05, 4.69) is 20.5 Å². The number of aromatic nitrogens is 6. The number of amides is 1. The van der Waals surface area contributed by atoms with Gasteiger partial charge in [-0.25, -0.2) is 9.67 Å². The molecule has 3 heterocycles. The number of benzene rings is 1. The molecule has 1 amide bonds. The van der Waals surface area contributed by atoms with Gasteiger partial charge in [-0.05, 0) is 47.5 Å². The first-order chi connectivity index (χ1) is 13.1. The summed E-state index contributed by atoms with van der Waals surface area (Å²) in [6, 6.07) is 7.10. The third-order valence-corrected chi connectivity index (χ3v) is 4.85. The fraction of sp³-hybridized carbons (Fsp3) is 0.333. The molecular weight excluding hydrogens is 346 g/mol. The van der Waals surface area contributed by atoms with Crippen LogP contribution in [-0.4, -0.2) is 59.4 Å². The highest BCUT2D eigenvalue weighted by atomic mass is 16.2. The number of likely N-dealkylation sites (tertiary alicyclic amines) is 1. The first-order valence-electron chi connectivity index (χ1n) is 8.78. The fourth-order valence-electron chi connectivity index (χ4n) is 3.38. The Hall–Kier alpha value is -3.36. The van der Waals surface area contributed by atoms with Crippen LogP contribution in [0.5, 0.6) is 0 Å². The zero-order valence-corrected chi connectivity index (χ0v) is 14.9. The Morgan fingerprint density at radius 2 is 2.00 bits per heavy atom. The number of carbonyl (C=O) groups is 2. The fourth-order valence-corrected chi connectivity index (χ4v) is 3.38. The van der Waals surface area contributed by atoms with Crippen LogP contribution >= 0.6 is 0 Å². The number of aryl methyl sites for hydroxylation is 1. The lowest BCUT2D eigenvalue weighted by Crippen LogP contribution is -2.42. The molecule has 1 unspecified atom stereocenters. The van der Waals surface area contributed by atoms with Gasteiger partial charge in [0.05, 0.1) is 5.69 Å². The maximum atomic E-state index is 12.9. The average molecular weight is 365 g/mol. The summed E-state index contributed by atoms with van der Waals surface area (Å²) in [6.07, 6.45) is 6.44. The van der Waals surface area contributed by atoms with Crippen LogP contribution in [-0.2, 0) is 7.05 Å². The van der Waals surface area contributed by atoms with Gasteiger partial charge in [-0.1, -0.05) is 0 Å². The van der Waals surface area contributed by atoms with E-state index in [-0.39, 0.29) is 17.6 Å². The Labute approximate surface area is 155 Å². The van der Waals surface area contributed by atoms with Crippen molar-refractivity contribution in [1.82, 2.24) is 34.7 Å². The maximum Gasteiger partial charge on any atom is 0.253 e. The van der Waals surface area contributed by atoms with Gasteiger partial charge in [0.15, 0.2) is 5.82 Å². The van der Waals surface area contributed by atoms with Gasteiger partial charge in [-0.3, -0.25) is 9.59 Å². The molecule has 9 nitrogen and oxygen atoms in total. The van der Waals surface area contributed by atoms with Crippen molar-refractivity contribution >= 4 is 11.7 Å². The van der Waals surface area contributed by atoms with Gasteiger partial charge in [0.25, 0.3) is 5.91 Å². The molecule has 0 N–H and O–H groups in total. The van der Waals surface area contributed by atoms with Crippen molar-refractivity contribution < 1.29 is 9.59 Å². The molecule has 0 aliphatic carbocycles. The smallest absolute Gasteiger partial charge is 0.253 e. The first-order valence-corrected chi connectivity index (χ1v) is 8.78. The lowest BCUT2D eigenvalue weighted by atomic mass is 9.93. The van der Waals surface area contributed by atoms with Crippen molar-refractivity contribution in [2.24, 2.45) is 13.0 Å².